The molecule has 0 radical (unpaired) electrons. The highest BCUT2D eigenvalue weighted by Gasteiger charge is 2.30. The summed E-state index contributed by atoms with van der Waals surface area (Å²) in [6.07, 6.45) is 0.731. The topological polar surface area (TPSA) is 49.4 Å². The van der Waals surface area contributed by atoms with Crippen molar-refractivity contribution in [3.63, 3.8) is 0 Å². The zero-order chi connectivity index (χ0) is 22.9. The minimum atomic E-state index is -0.588. The summed E-state index contributed by atoms with van der Waals surface area (Å²) in [6, 6.07) is 25.3. The third-order valence-corrected chi connectivity index (χ3v) is 5.70. The van der Waals surface area contributed by atoms with Gasteiger partial charge in [-0.15, -0.1) is 0 Å². The van der Waals surface area contributed by atoms with Crippen LogP contribution < -0.4 is 5.32 Å². The summed E-state index contributed by atoms with van der Waals surface area (Å²) in [7, 11) is 0. The molecule has 32 heavy (non-hydrogen) atoms. The van der Waals surface area contributed by atoms with Gasteiger partial charge in [-0.25, -0.2) is 0 Å². The number of nitrogens with one attached hydrogen (secondary N) is 1. The lowest BCUT2D eigenvalue weighted by molar-refractivity contribution is -0.140. The quantitative estimate of drug-likeness (QED) is 0.541. The molecular weight excluding hydrogens is 396 g/mol. The fourth-order valence-electron chi connectivity index (χ4n) is 3.80. The average molecular weight is 429 g/mol. The number of nitrogens with zero attached hydrogens (tertiary/aromatic N) is 1. The molecule has 1 N–H and O–H groups in total. The summed E-state index contributed by atoms with van der Waals surface area (Å²) in [4.78, 5) is 28.5. The Morgan fingerprint density at radius 3 is 2.16 bits per heavy atom. The predicted molar refractivity (Wildman–Crippen MR) is 129 cm³/mol. The van der Waals surface area contributed by atoms with Crippen LogP contribution in [0.1, 0.15) is 34.7 Å². The van der Waals surface area contributed by atoms with E-state index in [2.05, 4.69) is 5.32 Å². The predicted octanol–water partition coefficient (Wildman–Crippen LogP) is 4.62. The largest absolute Gasteiger partial charge is 0.355 e. The molecule has 3 rings (SSSR count). The Labute approximate surface area is 191 Å². The zero-order valence-electron chi connectivity index (χ0n) is 19.2. The Morgan fingerprint density at radius 1 is 0.844 bits per heavy atom. The number of amides is 2. The van der Waals surface area contributed by atoms with Crippen molar-refractivity contribution in [1.82, 2.24) is 10.2 Å². The van der Waals surface area contributed by atoms with Crippen molar-refractivity contribution in [2.45, 2.75) is 46.2 Å². The Balaban J connectivity index is 1.95. The molecule has 0 aromatic heterocycles. The van der Waals surface area contributed by atoms with Crippen LogP contribution in [0.4, 0.5) is 0 Å². The number of rotatable bonds is 9. The molecule has 0 saturated heterocycles. The van der Waals surface area contributed by atoms with Gasteiger partial charge in [0.25, 0.3) is 0 Å². The highest BCUT2D eigenvalue weighted by Crippen LogP contribution is 2.18. The van der Waals surface area contributed by atoms with Gasteiger partial charge in [-0.2, -0.15) is 0 Å². The van der Waals surface area contributed by atoms with Gasteiger partial charge in [0, 0.05) is 19.5 Å². The van der Waals surface area contributed by atoms with Gasteiger partial charge in [-0.3, -0.25) is 9.59 Å². The van der Waals surface area contributed by atoms with Gasteiger partial charge in [0.15, 0.2) is 0 Å². The Hall–Kier alpha value is -3.40. The normalized spacial score (nSPS) is 11.6. The molecule has 0 spiro atoms. The van der Waals surface area contributed by atoms with Crippen molar-refractivity contribution in [3.8, 4) is 0 Å². The molecule has 0 fully saturated rings. The lowest BCUT2D eigenvalue weighted by atomic mass is 10.00. The van der Waals surface area contributed by atoms with Gasteiger partial charge in [0.05, 0.1) is 6.42 Å². The Bertz CT molecular complexity index is 1030. The van der Waals surface area contributed by atoms with Crippen LogP contribution in [0.2, 0.25) is 0 Å². The molecule has 0 aliphatic heterocycles. The van der Waals surface area contributed by atoms with Crippen LogP contribution in [0.15, 0.2) is 78.9 Å². The number of hydrogen-bond donors (Lipinski definition) is 1. The van der Waals surface area contributed by atoms with E-state index in [1.54, 1.807) is 4.90 Å². The maximum absolute atomic E-state index is 13.6. The summed E-state index contributed by atoms with van der Waals surface area (Å²) in [5.74, 6) is -0.175. The van der Waals surface area contributed by atoms with Crippen molar-refractivity contribution >= 4 is 11.8 Å². The lowest BCUT2D eigenvalue weighted by Gasteiger charge is -2.32. The van der Waals surface area contributed by atoms with Crippen LogP contribution in [-0.2, 0) is 29.0 Å². The van der Waals surface area contributed by atoms with E-state index in [0.717, 1.165) is 27.8 Å². The number of aryl methyl sites for hydroxylation is 2. The first-order chi connectivity index (χ1) is 15.5. The molecule has 1 atom stereocenters. The number of carbonyl (C=O) groups excluding carboxylic acids is 2. The Morgan fingerprint density at radius 2 is 1.50 bits per heavy atom. The summed E-state index contributed by atoms with van der Waals surface area (Å²) in [6.45, 7) is 6.88. The van der Waals surface area contributed by atoms with Gasteiger partial charge in [-0.05, 0) is 43.0 Å². The first-order valence-corrected chi connectivity index (χ1v) is 11.2. The van der Waals surface area contributed by atoms with Crippen molar-refractivity contribution in [1.29, 1.82) is 0 Å². The molecule has 0 saturated carbocycles. The minimum absolute atomic E-state index is 0.0516. The van der Waals surface area contributed by atoms with Gasteiger partial charge < -0.3 is 10.2 Å². The first-order valence-electron chi connectivity index (χ1n) is 11.2. The third-order valence-electron chi connectivity index (χ3n) is 5.70. The van der Waals surface area contributed by atoms with Crippen molar-refractivity contribution in [2.24, 2.45) is 0 Å². The number of hydrogen-bond acceptors (Lipinski definition) is 2. The van der Waals surface area contributed by atoms with E-state index >= 15 is 0 Å². The second-order valence-electron chi connectivity index (χ2n) is 8.21. The van der Waals surface area contributed by atoms with Crippen LogP contribution in [0.3, 0.4) is 0 Å². The molecule has 2 amide bonds. The molecular formula is C28H32N2O2. The van der Waals surface area contributed by atoms with Crippen molar-refractivity contribution in [3.05, 3.63) is 107 Å². The van der Waals surface area contributed by atoms with Crippen LogP contribution in [0, 0.1) is 13.8 Å². The summed E-state index contributed by atoms with van der Waals surface area (Å²) in [5.41, 5.74) is 5.29. The average Bonchev–Trinajstić information content (AvgIpc) is 2.79. The summed E-state index contributed by atoms with van der Waals surface area (Å²) >= 11 is 0. The van der Waals surface area contributed by atoms with Crippen molar-refractivity contribution < 1.29 is 9.59 Å². The SMILES string of the molecule is CCNC(=O)C(Cc1ccccc1)N(Cc1ccccc1C)C(=O)Cc1ccc(C)cc1. The highest BCUT2D eigenvalue weighted by atomic mass is 16.2. The van der Waals surface area contributed by atoms with Crippen LogP contribution in [-0.4, -0.2) is 29.3 Å². The molecule has 3 aromatic carbocycles. The van der Waals surface area contributed by atoms with Crippen LogP contribution in [0.25, 0.3) is 0 Å². The monoisotopic (exact) mass is 428 g/mol. The number of benzene rings is 3. The molecule has 4 nitrogen and oxygen atoms in total. The molecule has 0 aliphatic carbocycles. The van der Waals surface area contributed by atoms with Gasteiger partial charge in [-0.1, -0.05) is 84.4 Å². The van der Waals surface area contributed by atoms with E-state index in [1.807, 2.05) is 99.6 Å². The van der Waals surface area contributed by atoms with E-state index in [1.165, 1.54) is 0 Å². The van der Waals surface area contributed by atoms with E-state index in [-0.39, 0.29) is 18.2 Å². The summed E-state index contributed by atoms with van der Waals surface area (Å²) < 4.78 is 0. The fourth-order valence-corrected chi connectivity index (χ4v) is 3.80. The molecule has 166 valence electrons. The van der Waals surface area contributed by atoms with E-state index in [0.29, 0.717) is 19.5 Å². The molecule has 4 heteroatoms. The lowest BCUT2D eigenvalue weighted by Crippen LogP contribution is -2.51. The Kier molecular flexibility index (Phi) is 8.20. The highest BCUT2D eigenvalue weighted by molar-refractivity contribution is 5.88. The van der Waals surface area contributed by atoms with Gasteiger partial charge in [0.1, 0.15) is 6.04 Å². The fraction of sp³-hybridized carbons (Fsp3) is 0.286. The van der Waals surface area contributed by atoms with Gasteiger partial charge >= 0.3 is 0 Å². The van der Waals surface area contributed by atoms with Crippen LogP contribution in [0.5, 0.6) is 0 Å². The molecule has 0 aliphatic rings. The standard InChI is InChI=1S/C28H32N2O2/c1-4-29-28(32)26(18-23-11-6-5-7-12-23)30(20-25-13-9-8-10-22(25)3)27(31)19-24-16-14-21(2)15-17-24/h5-17,26H,4,18-20H2,1-3H3,(H,29,32). The van der Waals surface area contributed by atoms with E-state index < -0.39 is 6.04 Å². The zero-order valence-corrected chi connectivity index (χ0v) is 19.2. The molecule has 0 heterocycles. The minimum Gasteiger partial charge on any atom is -0.355 e. The second kappa shape index (κ2) is 11.3. The second-order valence-corrected chi connectivity index (χ2v) is 8.21. The maximum Gasteiger partial charge on any atom is 0.243 e. The summed E-state index contributed by atoms with van der Waals surface area (Å²) in [5, 5.41) is 2.94. The number of carbonyl (C=O) groups is 2. The molecule has 3 aromatic rings. The number of likely N-dealkylation sites (N-methyl/N-ethyl adjacent to an activating group) is 1. The van der Waals surface area contributed by atoms with Crippen LogP contribution >= 0.6 is 0 Å². The molecule has 1 unspecified atom stereocenters. The first kappa shape index (κ1) is 23.3. The smallest absolute Gasteiger partial charge is 0.243 e. The third kappa shape index (κ3) is 6.30. The molecule has 0 bridgehead atoms. The van der Waals surface area contributed by atoms with E-state index in [9.17, 15) is 9.59 Å². The van der Waals surface area contributed by atoms with Gasteiger partial charge in [0.2, 0.25) is 11.8 Å². The van der Waals surface area contributed by atoms with Crippen molar-refractivity contribution in [2.75, 3.05) is 6.54 Å². The van der Waals surface area contributed by atoms with E-state index in [4.69, 9.17) is 0 Å². The maximum atomic E-state index is 13.6.